The molecule has 1 atom stereocenters. The predicted molar refractivity (Wildman–Crippen MR) is 73.8 cm³/mol. The number of hydrogen-bond acceptors (Lipinski definition) is 4. The summed E-state index contributed by atoms with van der Waals surface area (Å²) in [6.07, 6.45) is 0.117. The molecule has 110 valence electrons. The standard InChI is InChI=1S/C13H18N2O4S/c1-14(2)20(18,19)12-5-3-10(4-6-12)13(17)15-8-7-11(16)9-15/h3-6,11,16H,7-9H2,1-2H3/t11-/m0/s1. The minimum Gasteiger partial charge on any atom is -0.391 e. The van der Waals surface area contributed by atoms with Crippen molar-refractivity contribution < 1.29 is 18.3 Å². The minimum absolute atomic E-state index is 0.153. The number of aliphatic hydroxyl groups excluding tert-OH is 1. The van der Waals surface area contributed by atoms with E-state index in [1.165, 1.54) is 38.4 Å². The molecule has 1 N–H and O–H groups in total. The van der Waals surface area contributed by atoms with Gasteiger partial charge in [0.25, 0.3) is 5.91 Å². The van der Waals surface area contributed by atoms with Gasteiger partial charge in [0, 0.05) is 32.7 Å². The Morgan fingerprint density at radius 2 is 1.90 bits per heavy atom. The molecule has 1 saturated heterocycles. The van der Waals surface area contributed by atoms with Crippen molar-refractivity contribution in [1.29, 1.82) is 0 Å². The minimum atomic E-state index is -3.48. The van der Waals surface area contributed by atoms with Gasteiger partial charge in [0.1, 0.15) is 0 Å². The van der Waals surface area contributed by atoms with Gasteiger partial charge in [-0.25, -0.2) is 12.7 Å². The third-order valence-electron chi connectivity index (χ3n) is 3.33. The molecule has 0 unspecified atom stereocenters. The van der Waals surface area contributed by atoms with Gasteiger partial charge in [0.15, 0.2) is 0 Å². The highest BCUT2D eigenvalue weighted by molar-refractivity contribution is 7.89. The number of carbonyl (C=O) groups is 1. The third-order valence-corrected chi connectivity index (χ3v) is 5.16. The van der Waals surface area contributed by atoms with E-state index in [4.69, 9.17) is 0 Å². The Morgan fingerprint density at radius 3 is 2.35 bits per heavy atom. The second kappa shape index (κ2) is 5.51. The fraction of sp³-hybridized carbons (Fsp3) is 0.462. The van der Waals surface area contributed by atoms with Crippen LogP contribution in [0.3, 0.4) is 0 Å². The molecule has 1 aromatic carbocycles. The number of carbonyl (C=O) groups excluding carboxylic acids is 1. The maximum atomic E-state index is 12.1. The fourth-order valence-corrected chi connectivity index (χ4v) is 2.99. The Bertz CT molecular complexity index is 595. The van der Waals surface area contributed by atoms with E-state index in [1.807, 2.05) is 0 Å². The van der Waals surface area contributed by atoms with Crippen molar-refractivity contribution in [1.82, 2.24) is 9.21 Å². The van der Waals surface area contributed by atoms with Crippen molar-refractivity contribution in [3.05, 3.63) is 29.8 Å². The maximum absolute atomic E-state index is 12.1. The van der Waals surface area contributed by atoms with Gasteiger partial charge < -0.3 is 10.0 Å². The third kappa shape index (κ3) is 2.84. The van der Waals surface area contributed by atoms with Crippen molar-refractivity contribution in [2.24, 2.45) is 0 Å². The molecule has 0 radical (unpaired) electrons. The van der Waals surface area contributed by atoms with E-state index in [0.29, 0.717) is 25.1 Å². The first kappa shape index (κ1) is 15.0. The Kier molecular flexibility index (Phi) is 4.12. The zero-order valence-electron chi connectivity index (χ0n) is 11.5. The number of β-amino-alcohol motifs (C(OH)–C–C–N with tert-alkyl or cyclic N) is 1. The zero-order valence-corrected chi connectivity index (χ0v) is 12.3. The highest BCUT2D eigenvalue weighted by atomic mass is 32.2. The van der Waals surface area contributed by atoms with Crippen LogP contribution in [0.5, 0.6) is 0 Å². The van der Waals surface area contributed by atoms with Crippen molar-refractivity contribution in [3.63, 3.8) is 0 Å². The molecule has 1 aromatic rings. The highest BCUT2D eigenvalue weighted by Gasteiger charge is 2.25. The normalized spacial score (nSPS) is 19.6. The van der Waals surface area contributed by atoms with E-state index >= 15 is 0 Å². The van der Waals surface area contributed by atoms with Gasteiger partial charge in [-0.15, -0.1) is 0 Å². The van der Waals surface area contributed by atoms with E-state index in [1.54, 1.807) is 4.90 Å². The second-order valence-corrected chi connectivity index (χ2v) is 7.16. The van der Waals surface area contributed by atoms with Crippen LogP contribution in [0.15, 0.2) is 29.2 Å². The molecule has 1 aliphatic rings. The molecule has 1 heterocycles. The van der Waals surface area contributed by atoms with E-state index in [-0.39, 0.29) is 10.8 Å². The molecular weight excluding hydrogens is 280 g/mol. The summed E-state index contributed by atoms with van der Waals surface area (Å²) in [5.41, 5.74) is 0.428. The molecule has 0 spiro atoms. The number of likely N-dealkylation sites (tertiary alicyclic amines) is 1. The maximum Gasteiger partial charge on any atom is 0.253 e. The number of hydrogen-bond donors (Lipinski definition) is 1. The summed E-state index contributed by atoms with van der Waals surface area (Å²) < 4.78 is 24.9. The number of nitrogens with zero attached hydrogens (tertiary/aromatic N) is 2. The average Bonchev–Trinajstić information content (AvgIpc) is 2.84. The second-order valence-electron chi connectivity index (χ2n) is 5.01. The summed E-state index contributed by atoms with van der Waals surface area (Å²) >= 11 is 0. The van der Waals surface area contributed by atoms with Crippen LogP contribution >= 0.6 is 0 Å². The summed E-state index contributed by atoms with van der Waals surface area (Å²) in [5.74, 6) is -0.185. The molecular formula is C13H18N2O4S. The number of benzene rings is 1. The smallest absolute Gasteiger partial charge is 0.253 e. The molecule has 7 heteroatoms. The number of amides is 1. The average molecular weight is 298 g/mol. The lowest BCUT2D eigenvalue weighted by Gasteiger charge is -2.16. The molecule has 0 aliphatic carbocycles. The van der Waals surface area contributed by atoms with Crippen molar-refractivity contribution in [2.45, 2.75) is 17.4 Å². The van der Waals surface area contributed by atoms with E-state index in [2.05, 4.69) is 0 Å². The summed E-state index contributed by atoms with van der Waals surface area (Å²) in [7, 11) is -0.562. The molecule has 1 aliphatic heterocycles. The number of aliphatic hydroxyl groups is 1. The van der Waals surface area contributed by atoms with Gasteiger partial charge >= 0.3 is 0 Å². The van der Waals surface area contributed by atoms with Crippen LogP contribution in [0.4, 0.5) is 0 Å². The van der Waals surface area contributed by atoms with Crippen molar-refractivity contribution >= 4 is 15.9 Å². The summed E-state index contributed by atoms with van der Waals surface area (Å²) in [5, 5.41) is 9.43. The molecule has 0 aromatic heterocycles. The largest absolute Gasteiger partial charge is 0.391 e. The van der Waals surface area contributed by atoms with Gasteiger partial charge in [-0.05, 0) is 30.7 Å². The van der Waals surface area contributed by atoms with Crippen LogP contribution in [0, 0.1) is 0 Å². The van der Waals surface area contributed by atoms with Crippen LogP contribution in [0.25, 0.3) is 0 Å². The summed E-state index contributed by atoms with van der Waals surface area (Å²) in [6, 6.07) is 5.86. The van der Waals surface area contributed by atoms with Gasteiger partial charge in [0.2, 0.25) is 10.0 Å². The summed E-state index contributed by atoms with van der Waals surface area (Å²) in [4.78, 5) is 13.9. The Balaban J connectivity index is 2.19. The Morgan fingerprint density at radius 1 is 1.30 bits per heavy atom. The van der Waals surface area contributed by atoms with E-state index < -0.39 is 16.1 Å². The topological polar surface area (TPSA) is 77.9 Å². The quantitative estimate of drug-likeness (QED) is 0.861. The van der Waals surface area contributed by atoms with E-state index in [9.17, 15) is 18.3 Å². The molecule has 1 fully saturated rings. The molecule has 2 rings (SSSR count). The Hall–Kier alpha value is -1.44. The van der Waals surface area contributed by atoms with Crippen LogP contribution in [-0.4, -0.2) is 61.9 Å². The van der Waals surface area contributed by atoms with Gasteiger partial charge in [-0.2, -0.15) is 0 Å². The zero-order chi connectivity index (χ0) is 14.9. The SMILES string of the molecule is CN(C)S(=O)(=O)c1ccc(C(=O)N2CC[C@H](O)C2)cc1. The highest BCUT2D eigenvalue weighted by Crippen LogP contribution is 2.17. The van der Waals surface area contributed by atoms with E-state index in [0.717, 1.165) is 4.31 Å². The molecule has 20 heavy (non-hydrogen) atoms. The van der Waals surface area contributed by atoms with Crippen LogP contribution in [0.1, 0.15) is 16.8 Å². The van der Waals surface area contributed by atoms with Crippen LogP contribution in [0.2, 0.25) is 0 Å². The van der Waals surface area contributed by atoms with Gasteiger partial charge in [-0.1, -0.05) is 0 Å². The lowest BCUT2D eigenvalue weighted by molar-refractivity contribution is 0.0765. The molecule has 0 bridgehead atoms. The van der Waals surface area contributed by atoms with Gasteiger partial charge in [0.05, 0.1) is 11.0 Å². The van der Waals surface area contributed by atoms with Crippen LogP contribution in [-0.2, 0) is 10.0 Å². The van der Waals surface area contributed by atoms with Crippen molar-refractivity contribution in [2.75, 3.05) is 27.2 Å². The number of sulfonamides is 1. The monoisotopic (exact) mass is 298 g/mol. The molecule has 6 nitrogen and oxygen atoms in total. The first-order valence-electron chi connectivity index (χ1n) is 6.32. The lowest BCUT2D eigenvalue weighted by atomic mass is 10.2. The molecule has 0 saturated carbocycles. The Labute approximate surface area is 118 Å². The first-order chi connectivity index (χ1) is 9.32. The fourth-order valence-electron chi connectivity index (χ4n) is 2.09. The molecule has 1 amide bonds. The number of rotatable bonds is 3. The van der Waals surface area contributed by atoms with Gasteiger partial charge in [-0.3, -0.25) is 4.79 Å². The predicted octanol–water partition coefficient (Wildman–Crippen LogP) is 0.144. The van der Waals surface area contributed by atoms with Crippen molar-refractivity contribution in [3.8, 4) is 0 Å². The summed E-state index contributed by atoms with van der Waals surface area (Å²) in [6.45, 7) is 0.855. The van der Waals surface area contributed by atoms with Crippen LogP contribution < -0.4 is 0 Å². The lowest BCUT2D eigenvalue weighted by Crippen LogP contribution is -2.29. The first-order valence-corrected chi connectivity index (χ1v) is 7.76.